The third-order valence-electron chi connectivity index (χ3n) is 4.54. The van der Waals surface area contributed by atoms with Crippen molar-refractivity contribution in [2.24, 2.45) is 0 Å². The summed E-state index contributed by atoms with van der Waals surface area (Å²) in [5.41, 5.74) is 3.83. The molecule has 0 atom stereocenters. The van der Waals surface area contributed by atoms with Crippen LogP contribution in [0.4, 0.5) is 0 Å². The second-order valence-electron chi connectivity index (χ2n) is 6.17. The van der Waals surface area contributed by atoms with Gasteiger partial charge in [0.25, 0.3) is 5.56 Å². The first kappa shape index (κ1) is 16.3. The van der Waals surface area contributed by atoms with E-state index in [1.807, 2.05) is 37.3 Å². The quantitative estimate of drug-likeness (QED) is 0.598. The molecule has 2 aromatic heterocycles. The Morgan fingerprint density at radius 2 is 1.81 bits per heavy atom. The molecule has 0 unspecified atom stereocenters. The van der Waals surface area contributed by atoms with Crippen molar-refractivity contribution in [3.63, 3.8) is 0 Å². The Morgan fingerprint density at radius 3 is 2.52 bits per heavy atom. The molecular formula is C21H13N5O. The second-order valence-corrected chi connectivity index (χ2v) is 6.17. The Morgan fingerprint density at radius 1 is 1.00 bits per heavy atom. The first-order chi connectivity index (χ1) is 13.1. The standard InChI is InChI=1S/C21H13N5O/c1-13-2-5-18(9-16(13)11-22)26-20-10-14(19-6-7-24-25-19)3-4-15(20)8-17(12-23)21(26)27/h2-10H,1H3,(H,24,25). The van der Waals surface area contributed by atoms with Gasteiger partial charge in [-0.1, -0.05) is 18.2 Å². The first-order valence-corrected chi connectivity index (χ1v) is 8.23. The molecule has 0 aliphatic heterocycles. The van der Waals surface area contributed by atoms with Crippen LogP contribution in [0.25, 0.3) is 27.8 Å². The third-order valence-corrected chi connectivity index (χ3v) is 4.54. The number of rotatable bonds is 2. The summed E-state index contributed by atoms with van der Waals surface area (Å²) in [6.07, 6.45) is 1.66. The van der Waals surface area contributed by atoms with Crippen molar-refractivity contribution in [3.05, 3.63) is 81.8 Å². The van der Waals surface area contributed by atoms with E-state index in [0.29, 0.717) is 16.8 Å². The molecule has 0 fully saturated rings. The molecular weight excluding hydrogens is 338 g/mol. The van der Waals surface area contributed by atoms with E-state index in [1.165, 1.54) is 4.57 Å². The molecule has 0 aliphatic rings. The topological polar surface area (TPSA) is 98.3 Å². The number of fused-ring (bicyclic) bond motifs is 1. The number of nitrogens with zero attached hydrogens (tertiary/aromatic N) is 4. The summed E-state index contributed by atoms with van der Waals surface area (Å²) in [6.45, 7) is 1.84. The van der Waals surface area contributed by atoms with E-state index in [-0.39, 0.29) is 5.56 Å². The number of pyridine rings is 1. The van der Waals surface area contributed by atoms with Gasteiger partial charge in [0.15, 0.2) is 0 Å². The zero-order valence-electron chi connectivity index (χ0n) is 14.4. The van der Waals surface area contributed by atoms with Gasteiger partial charge in [-0.15, -0.1) is 0 Å². The summed E-state index contributed by atoms with van der Waals surface area (Å²) in [4.78, 5) is 12.9. The van der Waals surface area contributed by atoms with Crippen LogP contribution in [-0.4, -0.2) is 14.8 Å². The Labute approximate surface area is 154 Å². The van der Waals surface area contributed by atoms with Crippen LogP contribution in [0.1, 0.15) is 16.7 Å². The SMILES string of the molecule is Cc1ccc(-n2c(=O)c(C#N)cc3ccc(-c4ccn[nH]4)cc32)cc1C#N. The summed E-state index contributed by atoms with van der Waals surface area (Å²) >= 11 is 0. The Balaban J connectivity index is 2.09. The molecule has 2 heterocycles. The number of nitriles is 2. The highest BCUT2D eigenvalue weighted by atomic mass is 16.1. The second kappa shape index (κ2) is 6.29. The zero-order valence-corrected chi connectivity index (χ0v) is 14.4. The van der Waals surface area contributed by atoms with Crippen LogP contribution in [0.3, 0.4) is 0 Å². The van der Waals surface area contributed by atoms with Gasteiger partial charge in [0, 0.05) is 17.1 Å². The van der Waals surface area contributed by atoms with Gasteiger partial charge >= 0.3 is 0 Å². The van der Waals surface area contributed by atoms with Crippen molar-refractivity contribution >= 4 is 10.9 Å². The van der Waals surface area contributed by atoms with E-state index in [9.17, 15) is 15.3 Å². The van der Waals surface area contributed by atoms with Gasteiger partial charge in [-0.3, -0.25) is 14.5 Å². The number of aromatic nitrogens is 3. The van der Waals surface area contributed by atoms with E-state index < -0.39 is 5.56 Å². The van der Waals surface area contributed by atoms with E-state index in [2.05, 4.69) is 16.3 Å². The number of benzene rings is 2. The number of hydrogen-bond acceptors (Lipinski definition) is 4. The van der Waals surface area contributed by atoms with Gasteiger partial charge < -0.3 is 0 Å². The number of hydrogen-bond donors (Lipinski definition) is 1. The highest BCUT2D eigenvalue weighted by Gasteiger charge is 2.13. The van der Waals surface area contributed by atoms with Crippen LogP contribution in [0.2, 0.25) is 0 Å². The van der Waals surface area contributed by atoms with E-state index >= 15 is 0 Å². The van der Waals surface area contributed by atoms with Crippen molar-refractivity contribution < 1.29 is 0 Å². The maximum absolute atomic E-state index is 12.9. The fourth-order valence-corrected chi connectivity index (χ4v) is 3.10. The van der Waals surface area contributed by atoms with Crippen molar-refractivity contribution in [1.82, 2.24) is 14.8 Å². The molecule has 27 heavy (non-hydrogen) atoms. The van der Waals surface area contributed by atoms with Crippen molar-refractivity contribution in [2.45, 2.75) is 6.92 Å². The molecule has 0 radical (unpaired) electrons. The van der Waals surface area contributed by atoms with Crippen molar-refractivity contribution in [3.8, 4) is 29.1 Å². The van der Waals surface area contributed by atoms with Gasteiger partial charge in [-0.25, -0.2) is 0 Å². The highest BCUT2D eigenvalue weighted by molar-refractivity contribution is 5.86. The Kier molecular flexibility index (Phi) is 3.80. The largest absolute Gasteiger partial charge is 0.278 e. The Bertz CT molecular complexity index is 1320. The minimum atomic E-state index is -0.417. The molecule has 0 saturated heterocycles. The summed E-state index contributed by atoms with van der Waals surface area (Å²) in [7, 11) is 0. The lowest BCUT2D eigenvalue weighted by Crippen LogP contribution is -2.21. The van der Waals surface area contributed by atoms with E-state index in [4.69, 9.17) is 0 Å². The van der Waals surface area contributed by atoms with Crippen LogP contribution >= 0.6 is 0 Å². The molecule has 4 aromatic rings. The lowest BCUT2D eigenvalue weighted by molar-refractivity contribution is 1.03. The number of H-pyrrole nitrogens is 1. The monoisotopic (exact) mass is 351 g/mol. The molecule has 4 rings (SSSR count). The summed E-state index contributed by atoms with van der Waals surface area (Å²) in [5, 5.41) is 26.3. The van der Waals surface area contributed by atoms with Gasteiger partial charge in [0.05, 0.1) is 28.5 Å². The zero-order chi connectivity index (χ0) is 19.0. The highest BCUT2D eigenvalue weighted by Crippen LogP contribution is 2.25. The molecule has 0 spiro atoms. The maximum atomic E-state index is 12.9. The molecule has 0 bridgehead atoms. The molecule has 6 heteroatoms. The van der Waals surface area contributed by atoms with Gasteiger partial charge in [0.1, 0.15) is 11.6 Å². The summed E-state index contributed by atoms with van der Waals surface area (Å²) < 4.78 is 1.48. The number of aryl methyl sites for hydroxylation is 1. The molecule has 128 valence electrons. The van der Waals surface area contributed by atoms with Crippen LogP contribution < -0.4 is 5.56 Å². The molecule has 1 N–H and O–H groups in total. The number of aromatic amines is 1. The van der Waals surface area contributed by atoms with Crippen molar-refractivity contribution in [1.29, 1.82) is 10.5 Å². The van der Waals surface area contributed by atoms with Crippen LogP contribution in [0, 0.1) is 29.6 Å². The Hall–Kier alpha value is -4.16. The predicted molar refractivity (Wildman–Crippen MR) is 101 cm³/mol. The molecule has 0 saturated carbocycles. The molecule has 0 amide bonds. The van der Waals surface area contributed by atoms with Gasteiger partial charge in [0.2, 0.25) is 0 Å². The van der Waals surface area contributed by atoms with Crippen LogP contribution in [0.15, 0.2) is 59.5 Å². The van der Waals surface area contributed by atoms with Gasteiger partial charge in [-0.2, -0.15) is 15.6 Å². The fraction of sp³-hybridized carbons (Fsp3) is 0.0476. The smallest absolute Gasteiger partial charge is 0.273 e. The molecule has 6 nitrogen and oxygen atoms in total. The predicted octanol–water partition coefficient (Wildman–Crippen LogP) is 3.43. The minimum Gasteiger partial charge on any atom is -0.278 e. The lowest BCUT2D eigenvalue weighted by Gasteiger charge is -2.13. The van der Waals surface area contributed by atoms with E-state index in [1.54, 1.807) is 30.5 Å². The fourth-order valence-electron chi connectivity index (χ4n) is 3.10. The van der Waals surface area contributed by atoms with Crippen LogP contribution in [-0.2, 0) is 0 Å². The maximum Gasteiger partial charge on any atom is 0.273 e. The molecule has 2 aromatic carbocycles. The normalized spacial score (nSPS) is 10.5. The third kappa shape index (κ3) is 2.66. The minimum absolute atomic E-state index is 0.0517. The van der Waals surface area contributed by atoms with Crippen LogP contribution in [0.5, 0.6) is 0 Å². The lowest BCUT2D eigenvalue weighted by atomic mass is 10.1. The summed E-state index contributed by atoms with van der Waals surface area (Å²) in [6, 6.07) is 18.4. The molecule has 0 aliphatic carbocycles. The average molecular weight is 351 g/mol. The average Bonchev–Trinajstić information content (AvgIpc) is 3.22. The number of nitrogens with one attached hydrogen (secondary N) is 1. The van der Waals surface area contributed by atoms with Crippen molar-refractivity contribution in [2.75, 3.05) is 0 Å². The van der Waals surface area contributed by atoms with E-state index in [0.717, 1.165) is 22.2 Å². The summed E-state index contributed by atoms with van der Waals surface area (Å²) in [5.74, 6) is 0. The van der Waals surface area contributed by atoms with Gasteiger partial charge in [-0.05, 0) is 42.8 Å². The first-order valence-electron chi connectivity index (χ1n) is 8.23.